The maximum absolute atomic E-state index is 4.56. The fraction of sp³-hybridized carbons (Fsp3) is 0.111. The van der Waals surface area contributed by atoms with Crippen molar-refractivity contribution in [1.82, 2.24) is 4.57 Å². The predicted octanol–water partition coefficient (Wildman–Crippen LogP) is 15.4. The summed E-state index contributed by atoms with van der Waals surface area (Å²) in [6.45, 7) is 9.95. The first-order valence-electron chi connectivity index (χ1n) is 20.1. The fourth-order valence-electron chi connectivity index (χ4n) is 8.62. The first-order valence-corrected chi connectivity index (χ1v) is 20.9. The van der Waals surface area contributed by atoms with Gasteiger partial charge in [0.1, 0.15) is 0 Å². The first-order chi connectivity index (χ1) is 28.0. The fourth-order valence-corrected chi connectivity index (χ4v) is 9.68. The molecule has 2 nitrogen and oxygen atoms in total. The van der Waals surface area contributed by atoms with Crippen LogP contribution in [0, 0.1) is 5.92 Å². The second kappa shape index (κ2) is 14.6. The van der Waals surface area contributed by atoms with Crippen molar-refractivity contribution in [3.8, 4) is 27.9 Å². The average Bonchev–Trinajstić information content (AvgIpc) is 3.81. The van der Waals surface area contributed by atoms with Gasteiger partial charge in [0.25, 0.3) is 0 Å². The molecule has 57 heavy (non-hydrogen) atoms. The highest BCUT2D eigenvalue weighted by Crippen LogP contribution is 2.42. The number of nitrogens with zero attached hydrogens (tertiary/aromatic N) is 2. The molecule has 0 spiro atoms. The van der Waals surface area contributed by atoms with Crippen molar-refractivity contribution in [3.05, 3.63) is 194 Å². The largest absolute Gasteiger partial charge is 0.337 e. The summed E-state index contributed by atoms with van der Waals surface area (Å²) in [6.07, 6.45) is 10.9. The minimum atomic E-state index is 0.655. The van der Waals surface area contributed by atoms with Gasteiger partial charge in [-0.2, -0.15) is 0 Å². The third-order valence-electron chi connectivity index (χ3n) is 11.8. The Hall–Kier alpha value is -6.42. The monoisotopic (exact) mass is 752 g/mol. The molecule has 0 amide bonds. The summed E-state index contributed by atoms with van der Waals surface area (Å²) in [7, 11) is 0. The van der Waals surface area contributed by atoms with E-state index in [1.807, 2.05) is 11.3 Å². The predicted molar refractivity (Wildman–Crippen MR) is 248 cm³/mol. The molecule has 0 N–H and O–H groups in total. The van der Waals surface area contributed by atoms with E-state index in [4.69, 9.17) is 0 Å². The molecular formula is C54H44N2S. The summed E-state index contributed by atoms with van der Waals surface area (Å²) >= 11 is 1.87. The van der Waals surface area contributed by atoms with Crippen LogP contribution in [-0.2, 0) is 6.42 Å². The number of anilines is 2. The van der Waals surface area contributed by atoms with Gasteiger partial charge in [0.2, 0.25) is 0 Å². The molecule has 0 radical (unpaired) electrons. The molecule has 0 aliphatic carbocycles. The lowest BCUT2D eigenvalue weighted by molar-refractivity contribution is 0.560. The van der Waals surface area contributed by atoms with E-state index in [2.05, 4.69) is 206 Å². The Morgan fingerprint density at radius 2 is 1.23 bits per heavy atom. The van der Waals surface area contributed by atoms with Crippen LogP contribution in [0.4, 0.5) is 11.4 Å². The molecule has 1 unspecified atom stereocenters. The smallest absolute Gasteiger partial charge is 0.0541 e. The normalized spacial score (nSPS) is 14.8. The van der Waals surface area contributed by atoms with Crippen LogP contribution < -0.4 is 4.90 Å². The van der Waals surface area contributed by atoms with E-state index in [9.17, 15) is 0 Å². The summed E-state index contributed by atoms with van der Waals surface area (Å²) in [5.41, 5.74) is 14.4. The van der Waals surface area contributed by atoms with Crippen molar-refractivity contribution in [2.45, 2.75) is 26.7 Å². The van der Waals surface area contributed by atoms with Crippen molar-refractivity contribution < 1.29 is 0 Å². The first kappa shape index (κ1) is 35.0. The van der Waals surface area contributed by atoms with E-state index in [-0.39, 0.29) is 0 Å². The topological polar surface area (TPSA) is 8.17 Å². The number of rotatable bonds is 7. The van der Waals surface area contributed by atoms with E-state index in [0.717, 1.165) is 24.1 Å². The molecule has 0 fully saturated rings. The van der Waals surface area contributed by atoms with Crippen LogP contribution in [0.15, 0.2) is 183 Å². The molecule has 3 heterocycles. The van der Waals surface area contributed by atoms with Crippen LogP contribution in [0.3, 0.4) is 0 Å². The van der Waals surface area contributed by atoms with Gasteiger partial charge in [0.05, 0.1) is 11.0 Å². The van der Waals surface area contributed by atoms with Gasteiger partial charge in [-0.15, -0.1) is 11.3 Å². The lowest BCUT2D eigenvalue weighted by atomic mass is 9.95. The van der Waals surface area contributed by atoms with Crippen LogP contribution in [0.1, 0.15) is 31.4 Å². The quantitative estimate of drug-likeness (QED) is 0.157. The average molecular weight is 753 g/mol. The van der Waals surface area contributed by atoms with E-state index in [1.165, 1.54) is 93.3 Å². The number of allylic oxidation sites excluding steroid dienone is 4. The zero-order valence-corrected chi connectivity index (χ0v) is 33.3. The summed E-state index contributed by atoms with van der Waals surface area (Å²) in [5, 5.41) is 5.14. The summed E-state index contributed by atoms with van der Waals surface area (Å²) in [4.78, 5) is 2.43. The number of benzene rings is 7. The van der Waals surface area contributed by atoms with Crippen molar-refractivity contribution in [2.24, 2.45) is 5.92 Å². The number of para-hydroxylation sites is 2. The maximum atomic E-state index is 4.56. The number of thiophene rings is 1. The van der Waals surface area contributed by atoms with E-state index in [0.29, 0.717) is 5.92 Å². The Labute approximate surface area is 339 Å². The molecule has 1 atom stereocenters. The lowest BCUT2D eigenvalue weighted by Gasteiger charge is -2.27. The molecule has 10 rings (SSSR count). The Bertz CT molecular complexity index is 3010. The van der Waals surface area contributed by atoms with Crippen LogP contribution >= 0.6 is 11.3 Å². The van der Waals surface area contributed by atoms with Gasteiger partial charge in [-0.3, -0.25) is 0 Å². The number of hydrogen-bond acceptors (Lipinski definition) is 2. The third-order valence-corrected chi connectivity index (χ3v) is 12.9. The molecule has 0 saturated heterocycles. The van der Waals surface area contributed by atoms with E-state index in [1.54, 1.807) is 0 Å². The van der Waals surface area contributed by atoms with Gasteiger partial charge in [0.15, 0.2) is 0 Å². The van der Waals surface area contributed by atoms with Gasteiger partial charge in [-0.1, -0.05) is 130 Å². The Kier molecular flexibility index (Phi) is 8.96. The maximum Gasteiger partial charge on any atom is 0.0541 e. The number of fused-ring (bicyclic) bond motifs is 7. The van der Waals surface area contributed by atoms with Crippen LogP contribution in [0.25, 0.3) is 75.5 Å². The van der Waals surface area contributed by atoms with Crippen LogP contribution in [0.5, 0.6) is 0 Å². The molecule has 276 valence electrons. The molecular weight excluding hydrogens is 709 g/mol. The zero-order chi connectivity index (χ0) is 38.5. The van der Waals surface area contributed by atoms with Crippen molar-refractivity contribution in [1.29, 1.82) is 0 Å². The standard InChI is InChI=1S/C54H44N2S/c1-4-36(2)30-38-15-12-17-43(31-38)55-29-11-5-6-14-37(3)47-33-40(23-26-50(47)55)42-25-28-54-49(35-42)48-34-41(24-27-53(48)57-54)39-16-13-18-44(32-39)56-51-21-9-7-19-45(51)46-20-8-10-22-52(46)56/h5-28,31-36H,3-4,29-30H2,1-2H3/b11-5-,14-6-. The van der Waals surface area contributed by atoms with Gasteiger partial charge < -0.3 is 9.47 Å². The van der Waals surface area contributed by atoms with Gasteiger partial charge in [0, 0.05) is 60.1 Å². The number of aromatic nitrogens is 1. The SMILES string of the molecule is C=C1/C=C\C=C/CN(c2cccc(CC(C)CC)c2)c2ccc(-c3ccc4sc5ccc(-c6cccc(-n7c8ccccc8c8ccccc87)c6)cc5c4c3)cc21. The third kappa shape index (κ3) is 6.39. The molecule has 9 aromatic rings. The van der Waals surface area contributed by atoms with E-state index >= 15 is 0 Å². The van der Waals surface area contributed by atoms with Crippen molar-refractivity contribution >= 4 is 70.3 Å². The summed E-state index contributed by atoms with van der Waals surface area (Å²) in [6, 6.07) is 56.4. The summed E-state index contributed by atoms with van der Waals surface area (Å²) in [5.74, 6) is 0.655. The van der Waals surface area contributed by atoms with Crippen LogP contribution in [0.2, 0.25) is 0 Å². The Morgan fingerprint density at radius 3 is 1.95 bits per heavy atom. The summed E-state index contributed by atoms with van der Waals surface area (Å²) < 4.78 is 5.00. The van der Waals surface area contributed by atoms with Crippen molar-refractivity contribution in [2.75, 3.05) is 11.4 Å². The molecule has 0 saturated carbocycles. The molecule has 1 aliphatic heterocycles. The highest BCUT2D eigenvalue weighted by Gasteiger charge is 2.18. The van der Waals surface area contributed by atoms with Crippen molar-refractivity contribution in [3.63, 3.8) is 0 Å². The highest BCUT2D eigenvalue weighted by molar-refractivity contribution is 7.25. The molecule has 2 aromatic heterocycles. The van der Waals surface area contributed by atoms with Gasteiger partial charge >= 0.3 is 0 Å². The second-order valence-corrected chi connectivity index (χ2v) is 16.6. The Balaban J connectivity index is 1.03. The Morgan fingerprint density at radius 1 is 0.596 bits per heavy atom. The molecule has 3 heteroatoms. The minimum Gasteiger partial charge on any atom is -0.337 e. The zero-order valence-electron chi connectivity index (χ0n) is 32.5. The molecule has 7 aromatic carbocycles. The van der Waals surface area contributed by atoms with Gasteiger partial charge in [-0.25, -0.2) is 0 Å². The lowest BCUT2D eigenvalue weighted by Crippen LogP contribution is -2.18. The van der Waals surface area contributed by atoms with Gasteiger partial charge in [-0.05, 0) is 119 Å². The minimum absolute atomic E-state index is 0.655. The molecule has 1 aliphatic rings. The number of hydrogen-bond donors (Lipinski definition) is 0. The second-order valence-electron chi connectivity index (χ2n) is 15.5. The molecule has 0 bridgehead atoms. The van der Waals surface area contributed by atoms with Crippen LogP contribution in [-0.4, -0.2) is 11.1 Å². The van der Waals surface area contributed by atoms with E-state index < -0.39 is 0 Å². The highest BCUT2D eigenvalue weighted by atomic mass is 32.1.